The number of nitrogens with zero attached hydrogens (tertiary/aromatic N) is 4. The van der Waals surface area contributed by atoms with Crippen molar-refractivity contribution in [3.05, 3.63) is 40.4 Å². The predicted octanol–water partition coefficient (Wildman–Crippen LogP) is 2.14. The Morgan fingerprint density at radius 1 is 1.29 bits per heavy atom. The van der Waals surface area contributed by atoms with E-state index in [0.717, 1.165) is 4.47 Å². The maximum atomic E-state index is 5.81. The van der Waals surface area contributed by atoms with Gasteiger partial charge in [0.25, 0.3) is 0 Å². The lowest BCUT2D eigenvalue weighted by molar-refractivity contribution is 0.742. The minimum Gasteiger partial charge on any atom is -0.314 e. The monoisotopic (exact) mass is 272 g/mol. The molecule has 0 amide bonds. The zero-order valence-electron chi connectivity index (χ0n) is 7.06. The third-order valence-electron chi connectivity index (χ3n) is 1.65. The summed E-state index contributed by atoms with van der Waals surface area (Å²) in [6, 6.07) is 0. The lowest BCUT2D eigenvalue weighted by atomic mass is 10.5. The first-order valence-electron chi connectivity index (χ1n) is 3.89. The van der Waals surface area contributed by atoms with Crippen LogP contribution in [0.5, 0.6) is 0 Å². The molecule has 2 heterocycles. The fourth-order valence-electron chi connectivity index (χ4n) is 1.00. The summed E-state index contributed by atoms with van der Waals surface area (Å²) >= 11 is 9.08. The van der Waals surface area contributed by atoms with Crippen LogP contribution in [0, 0.1) is 0 Å². The van der Waals surface area contributed by atoms with Crippen molar-refractivity contribution in [1.82, 2.24) is 19.5 Å². The maximum absolute atomic E-state index is 5.81. The standard InChI is InChI=1S/C8H6BrClN4/c9-6-3-12-7(13-4-6)5-14-2-1-11-8(14)10/h1-4H,5H2. The van der Waals surface area contributed by atoms with Gasteiger partial charge in [0.2, 0.25) is 5.28 Å². The Labute approximate surface area is 94.1 Å². The van der Waals surface area contributed by atoms with E-state index in [1.54, 1.807) is 29.4 Å². The molecule has 2 rings (SSSR count). The van der Waals surface area contributed by atoms with Crippen molar-refractivity contribution in [2.45, 2.75) is 6.54 Å². The molecule has 0 bridgehead atoms. The molecule has 2 aromatic heterocycles. The molecule has 0 unspecified atom stereocenters. The van der Waals surface area contributed by atoms with Gasteiger partial charge < -0.3 is 4.57 Å². The average Bonchev–Trinajstić information content (AvgIpc) is 2.56. The second-order valence-corrected chi connectivity index (χ2v) is 3.90. The van der Waals surface area contributed by atoms with E-state index in [4.69, 9.17) is 11.6 Å². The van der Waals surface area contributed by atoms with Crippen LogP contribution in [0.1, 0.15) is 5.82 Å². The first kappa shape index (κ1) is 9.61. The third kappa shape index (κ3) is 2.10. The fourth-order valence-corrected chi connectivity index (χ4v) is 1.38. The summed E-state index contributed by atoms with van der Waals surface area (Å²) < 4.78 is 2.63. The van der Waals surface area contributed by atoms with Gasteiger partial charge in [0.15, 0.2) is 0 Å². The summed E-state index contributed by atoms with van der Waals surface area (Å²) in [6.45, 7) is 0.534. The first-order chi connectivity index (χ1) is 6.75. The minimum absolute atomic E-state index is 0.441. The highest BCUT2D eigenvalue weighted by atomic mass is 79.9. The van der Waals surface area contributed by atoms with Gasteiger partial charge in [0.05, 0.1) is 11.0 Å². The van der Waals surface area contributed by atoms with Crippen LogP contribution in [0.3, 0.4) is 0 Å². The van der Waals surface area contributed by atoms with Gasteiger partial charge in [0.1, 0.15) is 5.82 Å². The molecule has 4 nitrogen and oxygen atoms in total. The van der Waals surface area contributed by atoms with Crippen LogP contribution in [0.15, 0.2) is 29.3 Å². The molecule has 0 saturated carbocycles. The van der Waals surface area contributed by atoms with Crippen LogP contribution in [0.2, 0.25) is 5.28 Å². The van der Waals surface area contributed by atoms with Crippen molar-refractivity contribution >= 4 is 27.5 Å². The number of hydrogen-bond acceptors (Lipinski definition) is 3. The van der Waals surface area contributed by atoms with Crippen molar-refractivity contribution in [3.63, 3.8) is 0 Å². The van der Waals surface area contributed by atoms with Crippen LogP contribution >= 0.6 is 27.5 Å². The Morgan fingerprint density at radius 2 is 2.00 bits per heavy atom. The average molecular weight is 274 g/mol. The summed E-state index contributed by atoms with van der Waals surface area (Å²) in [7, 11) is 0. The Bertz CT molecular complexity index is 425. The van der Waals surface area contributed by atoms with Crippen LogP contribution in [-0.2, 0) is 6.54 Å². The molecule has 2 aromatic rings. The second kappa shape index (κ2) is 4.06. The molecule has 6 heteroatoms. The summed E-state index contributed by atoms with van der Waals surface area (Å²) in [6.07, 6.45) is 6.83. The van der Waals surface area contributed by atoms with Crippen molar-refractivity contribution < 1.29 is 0 Å². The van der Waals surface area contributed by atoms with E-state index in [9.17, 15) is 0 Å². The van der Waals surface area contributed by atoms with Crippen LogP contribution < -0.4 is 0 Å². The van der Waals surface area contributed by atoms with Crippen LogP contribution in [0.25, 0.3) is 0 Å². The summed E-state index contributed by atoms with van der Waals surface area (Å²) in [5.41, 5.74) is 0. The van der Waals surface area contributed by atoms with Crippen LogP contribution in [0.4, 0.5) is 0 Å². The zero-order valence-corrected chi connectivity index (χ0v) is 9.40. The van der Waals surface area contributed by atoms with E-state index in [1.165, 1.54) is 0 Å². The molecular formula is C8H6BrClN4. The van der Waals surface area contributed by atoms with Gasteiger partial charge in [0, 0.05) is 24.8 Å². The SMILES string of the molecule is Clc1nccn1Cc1ncc(Br)cn1. The highest BCUT2D eigenvalue weighted by Crippen LogP contribution is 2.08. The normalized spacial score (nSPS) is 10.4. The van der Waals surface area contributed by atoms with E-state index in [0.29, 0.717) is 17.7 Å². The second-order valence-electron chi connectivity index (χ2n) is 2.64. The van der Waals surface area contributed by atoms with Gasteiger partial charge in [-0.2, -0.15) is 0 Å². The van der Waals surface area contributed by atoms with Gasteiger partial charge in [-0.25, -0.2) is 15.0 Å². The summed E-state index contributed by atoms with van der Waals surface area (Å²) in [5.74, 6) is 0.702. The Balaban J connectivity index is 2.19. The predicted molar refractivity (Wildman–Crippen MR) is 56.1 cm³/mol. The topological polar surface area (TPSA) is 43.6 Å². The highest BCUT2D eigenvalue weighted by molar-refractivity contribution is 9.10. The zero-order chi connectivity index (χ0) is 9.97. The molecule has 0 N–H and O–H groups in total. The Hall–Kier alpha value is -0.940. The largest absolute Gasteiger partial charge is 0.314 e. The van der Waals surface area contributed by atoms with E-state index < -0.39 is 0 Å². The van der Waals surface area contributed by atoms with E-state index in [-0.39, 0.29) is 0 Å². The number of aromatic nitrogens is 4. The lowest BCUT2D eigenvalue weighted by Gasteiger charge is -2.01. The molecule has 72 valence electrons. The van der Waals surface area contributed by atoms with Crippen molar-refractivity contribution in [1.29, 1.82) is 0 Å². The molecule has 14 heavy (non-hydrogen) atoms. The quantitative estimate of drug-likeness (QED) is 0.842. The van der Waals surface area contributed by atoms with Gasteiger partial charge in [-0.1, -0.05) is 0 Å². The van der Waals surface area contributed by atoms with E-state index >= 15 is 0 Å². The molecule has 0 aromatic carbocycles. The smallest absolute Gasteiger partial charge is 0.203 e. The highest BCUT2D eigenvalue weighted by Gasteiger charge is 2.01. The molecule has 0 aliphatic carbocycles. The fraction of sp³-hybridized carbons (Fsp3) is 0.125. The molecule has 0 aliphatic rings. The molecule has 0 atom stereocenters. The first-order valence-corrected chi connectivity index (χ1v) is 5.06. The molecule has 0 aliphatic heterocycles. The van der Waals surface area contributed by atoms with Gasteiger partial charge in [-0.15, -0.1) is 0 Å². The van der Waals surface area contributed by atoms with Crippen molar-refractivity contribution in [2.75, 3.05) is 0 Å². The number of imidazole rings is 1. The molecule has 0 saturated heterocycles. The molecule has 0 fully saturated rings. The van der Waals surface area contributed by atoms with Gasteiger partial charge in [-0.05, 0) is 27.5 Å². The number of hydrogen-bond donors (Lipinski definition) is 0. The van der Waals surface area contributed by atoms with E-state index in [1.807, 2.05) is 0 Å². The maximum Gasteiger partial charge on any atom is 0.203 e. The number of rotatable bonds is 2. The summed E-state index contributed by atoms with van der Waals surface area (Å²) in [5, 5.41) is 0.441. The lowest BCUT2D eigenvalue weighted by Crippen LogP contribution is -2.02. The molecule has 0 spiro atoms. The van der Waals surface area contributed by atoms with E-state index in [2.05, 4.69) is 30.9 Å². The number of halogens is 2. The minimum atomic E-state index is 0.441. The van der Waals surface area contributed by atoms with Crippen LogP contribution in [-0.4, -0.2) is 19.5 Å². The Kier molecular flexibility index (Phi) is 2.79. The van der Waals surface area contributed by atoms with Gasteiger partial charge in [-0.3, -0.25) is 0 Å². The Morgan fingerprint density at radius 3 is 2.57 bits per heavy atom. The molecule has 0 radical (unpaired) electrons. The molecular weight excluding hydrogens is 267 g/mol. The third-order valence-corrected chi connectivity index (χ3v) is 2.37. The van der Waals surface area contributed by atoms with Crippen molar-refractivity contribution in [3.8, 4) is 0 Å². The van der Waals surface area contributed by atoms with Crippen molar-refractivity contribution in [2.24, 2.45) is 0 Å². The summed E-state index contributed by atoms with van der Waals surface area (Å²) in [4.78, 5) is 12.2. The van der Waals surface area contributed by atoms with Gasteiger partial charge >= 0.3 is 0 Å².